The van der Waals surface area contributed by atoms with Crippen molar-refractivity contribution < 1.29 is 4.79 Å². The largest absolute Gasteiger partial charge is 0.336 e. The predicted octanol–water partition coefficient (Wildman–Crippen LogP) is 0.575. The zero-order valence-corrected chi connectivity index (χ0v) is 10.9. The van der Waals surface area contributed by atoms with Crippen molar-refractivity contribution in [3.05, 3.63) is 35.4 Å². The fraction of sp³-hybridized carbons (Fsp3) is 0.500. The van der Waals surface area contributed by atoms with Gasteiger partial charge in [0.1, 0.15) is 0 Å². The molecule has 1 aromatic carbocycles. The molecule has 1 amide bonds. The molecule has 1 aliphatic heterocycles. The molecule has 0 radical (unpaired) electrons. The highest BCUT2D eigenvalue weighted by atomic mass is 16.2. The van der Waals surface area contributed by atoms with Crippen LogP contribution in [0.2, 0.25) is 0 Å². The topological polar surface area (TPSA) is 49.6 Å². The average Bonchev–Trinajstić information content (AvgIpc) is 2.40. The van der Waals surface area contributed by atoms with Gasteiger partial charge in [-0.2, -0.15) is 0 Å². The van der Waals surface area contributed by atoms with Crippen LogP contribution in [0.3, 0.4) is 0 Å². The Morgan fingerprint density at radius 1 is 1.17 bits per heavy atom. The zero-order chi connectivity index (χ0) is 13.0. The third-order valence-corrected chi connectivity index (χ3v) is 3.42. The van der Waals surface area contributed by atoms with Crippen LogP contribution in [0.5, 0.6) is 0 Å². The fourth-order valence-corrected chi connectivity index (χ4v) is 2.17. The minimum Gasteiger partial charge on any atom is -0.336 e. The van der Waals surface area contributed by atoms with Gasteiger partial charge < -0.3 is 15.5 Å². The van der Waals surface area contributed by atoms with Gasteiger partial charge in [0.25, 0.3) is 5.91 Å². The lowest BCUT2D eigenvalue weighted by atomic mass is 10.1. The van der Waals surface area contributed by atoms with Crippen molar-refractivity contribution in [3.63, 3.8) is 0 Å². The summed E-state index contributed by atoms with van der Waals surface area (Å²) in [5, 5.41) is 0. The highest BCUT2D eigenvalue weighted by molar-refractivity contribution is 5.94. The molecule has 1 fully saturated rings. The van der Waals surface area contributed by atoms with E-state index >= 15 is 0 Å². The smallest absolute Gasteiger partial charge is 0.253 e. The molecule has 0 spiro atoms. The second kappa shape index (κ2) is 5.98. The van der Waals surface area contributed by atoms with E-state index in [-0.39, 0.29) is 5.91 Å². The maximum absolute atomic E-state index is 12.3. The molecule has 0 aromatic heterocycles. The Labute approximate surface area is 108 Å². The van der Waals surface area contributed by atoms with Gasteiger partial charge in [0.2, 0.25) is 0 Å². The first kappa shape index (κ1) is 13.1. The van der Waals surface area contributed by atoms with Crippen LogP contribution in [-0.2, 0) is 6.42 Å². The molecule has 1 aliphatic rings. The van der Waals surface area contributed by atoms with E-state index in [2.05, 4.69) is 11.9 Å². The minimum atomic E-state index is 0.141. The molecule has 1 aromatic rings. The van der Waals surface area contributed by atoms with E-state index in [1.165, 1.54) is 5.56 Å². The Balaban J connectivity index is 2.00. The first-order valence-electron chi connectivity index (χ1n) is 6.47. The fourth-order valence-electron chi connectivity index (χ4n) is 2.17. The van der Waals surface area contributed by atoms with Gasteiger partial charge in [-0.3, -0.25) is 4.79 Å². The Kier molecular flexibility index (Phi) is 4.33. The molecule has 4 nitrogen and oxygen atoms in total. The van der Waals surface area contributed by atoms with Crippen LogP contribution < -0.4 is 5.73 Å². The van der Waals surface area contributed by atoms with Crippen molar-refractivity contribution in [2.24, 2.45) is 5.73 Å². The number of piperazine rings is 1. The van der Waals surface area contributed by atoms with E-state index in [1.807, 2.05) is 29.2 Å². The summed E-state index contributed by atoms with van der Waals surface area (Å²) in [5.74, 6) is 0.141. The number of hydrogen-bond donors (Lipinski definition) is 1. The number of hydrogen-bond acceptors (Lipinski definition) is 3. The number of amides is 1. The van der Waals surface area contributed by atoms with Gasteiger partial charge in [-0.05, 0) is 37.7 Å². The molecule has 4 heteroatoms. The van der Waals surface area contributed by atoms with Gasteiger partial charge >= 0.3 is 0 Å². The van der Waals surface area contributed by atoms with Crippen LogP contribution >= 0.6 is 0 Å². The number of rotatable bonds is 3. The normalized spacial score (nSPS) is 16.9. The Morgan fingerprint density at radius 3 is 2.33 bits per heavy atom. The van der Waals surface area contributed by atoms with Gasteiger partial charge in [-0.1, -0.05) is 12.1 Å². The number of benzene rings is 1. The third-order valence-electron chi connectivity index (χ3n) is 3.42. The first-order chi connectivity index (χ1) is 8.70. The average molecular weight is 247 g/mol. The van der Waals surface area contributed by atoms with Crippen LogP contribution in [0.1, 0.15) is 15.9 Å². The number of nitrogens with two attached hydrogens (primary N) is 1. The summed E-state index contributed by atoms with van der Waals surface area (Å²) in [5.41, 5.74) is 7.47. The van der Waals surface area contributed by atoms with Crippen molar-refractivity contribution in [2.45, 2.75) is 6.42 Å². The molecule has 2 rings (SSSR count). The van der Waals surface area contributed by atoms with Gasteiger partial charge in [-0.15, -0.1) is 0 Å². The second-order valence-electron chi connectivity index (χ2n) is 4.83. The number of nitrogens with zero attached hydrogens (tertiary/aromatic N) is 2. The van der Waals surface area contributed by atoms with E-state index in [0.29, 0.717) is 6.54 Å². The molecule has 1 heterocycles. The van der Waals surface area contributed by atoms with E-state index in [4.69, 9.17) is 5.73 Å². The minimum absolute atomic E-state index is 0.141. The highest BCUT2D eigenvalue weighted by Crippen LogP contribution is 2.10. The molecule has 2 N–H and O–H groups in total. The maximum Gasteiger partial charge on any atom is 0.253 e. The van der Waals surface area contributed by atoms with Crippen molar-refractivity contribution >= 4 is 5.91 Å². The lowest BCUT2D eigenvalue weighted by Gasteiger charge is -2.32. The van der Waals surface area contributed by atoms with Gasteiger partial charge in [0.15, 0.2) is 0 Å². The van der Waals surface area contributed by atoms with Crippen LogP contribution in [0, 0.1) is 0 Å². The summed E-state index contributed by atoms with van der Waals surface area (Å²) in [6.45, 7) is 4.19. The van der Waals surface area contributed by atoms with Crippen LogP contribution in [0.25, 0.3) is 0 Å². The molecular formula is C14H21N3O. The van der Waals surface area contributed by atoms with Gasteiger partial charge in [-0.25, -0.2) is 0 Å². The third kappa shape index (κ3) is 3.09. The molecule has 0 bridgehead atoms. The van der Waals surface area contributed by atoms with Crippen LogP contribution in [-0.4, -0.2) is 55.5 Å². The molecule has 0 aliphatic carbocycles. The number of carbonyl (C=O) groups is 1. The molecule has 0 saturated carbocycles. The number of likely N-dealkylation sites (N-methyl/N-ethyl adjacent to an activating group) is 1. The Hall–Kier alpha value is -1.39. The van der Waals surface area contributed by atoms with Crippen LogP contribution in [0.15, 0.2) is 24.3 Å². The standard InChI is InChI=1S/C14H21N3O/c1-16-8-10-17(11-9-16)14(18)13-4-2-12(3-5-13)6-7-15/h2-5H,6-11,15H2,1H3. The van der Waals surface area contributed by atoms with Gasteiger partial charge in [0.05, 0.1) is 0 Å². The Bertz CT molecular complexity index is 394. The van der Waals surface area contributed by atoms with Gasteiger partial charge in [0, 0.05) is 31.7 Å². The van der Waals surface area contributed by atoms with E-state index in [0.717, 1.165) is 38.2 Å². The van der Waals surface area contributed by atoms with Crippen molar-refractivity contribution in [1.82, 2.24) is 9.80 Å². The number of carbonyl (C=O) groups excluding carboxylic acids is 1. The summed E-state index contributed by atoms with van der Waals surface area (Å²) < 4.78 is 0. The molecule has 18 heavy (non-hydrogen) atoms. The summed E-state index contributed by atoms with van der Waals surface area (Å²) in [4.78, 5) is 16.4. The lowest BCUT2D eigenvalue weighted by Crippen LogP contribution is -2.47. The van der Waals surface area contributed by atoms with E-state index in [1.54, 1.807) is 0 Å². The maximum atomic E-state index is 12.3. The first-order valence-corrected chi connectivity index (χ1v) is 6.47. The predicted molar refractivity (Wildman–Crippen MR) is 72.6 cm³/mol. The Morgan fingerprint density at radius 2 is 1.78 bits per heavy atom. The van der Waals surface area contributed by atoms with Crippen molar-refractivity contribution in [1.29, 1.82) is 0 Å². The second-order valence-corrected chi connectivity index (χ2v) is 4.83. The lowest BCUT2D eigenvalue weighted by molar-refractivity contribution is 0.0664. The summed E-state index contributed by atoms with van der Waals surface area (Å²) in [7, 11) is 2.09. The zero-order valence-electron chi connectivity index (χ0n) is 10.9. The van der Waals surface area contributed by atoms with Crippen molar-refractivity contribution in [2.75, 3.05) is 39.8 Å². The summed E-state index contributed by atoms with van der Waals surface area (Å²) in [6.07, 6.45) is 0.864. The summed E-state index contributed by atoms with van der Waals surface area (Å²) >= 11 is 0. The molecule has 98 valence electrons. The molecule has 0 unspecified atom stereocenters. The molecule has 1 saturated heterocycles. The highest BCUT2D eigenvalue weighted by Gasteiger charge is 2.19. The SMILES string of the molecule is CN1CCN(C(=O)c2ccc(CCN)cc2)CC1. The molecular weight excluding hydrogens is 226 g/mol. The molecule has 0 atom stereocenters. The quantitative estimate of drug-likeness (QED) is 0.850. The monoisotopic (exact) mass is 247 g/mol. The summed E-state index contributed by atoms with van der Waals surface area (Å²) in [6, 6.07) is 7.81. The van der Waals surface area contributed by atoms with Crippen molar-refractivity contribution in [3.8, 4) is 0 Å². The van der Waals surface area contributed by atoms with Crippen LogP contribution in [0.4, 0.5) is 0 Å². The van der Waals surface area contributed by atoms with E-state index < -0.39 is 0 Å². The van der Waals surface area contributed by atoms with E-state index in [9.17, 15) is 4.79 Å².